The molecule has 0 saturated carbocycles. The SMILES string of the molecule is CCC(=O)C(C)N(CC)Cc1ccccc1. The summed E-state index contributed by atoms with van der Waals surface area (Å²) in [5.41, 5.74) is 1.26. The molecule has 2 nitrogen and oxygen atoms in total. The van der Waals surface area contributed by atoms with E-state index < -0.39 is 0 Å². The molecule has 0 aliphatic rings. The van der Waals surface area contributed by atoms with Gasteiger partial charge in [-0.3, -0.25) is 9.69 Å². The molecule has 0 aliphatic heterocycles. The van der Waals surface area contributed by atoms with E-state index in [1.165, 1.54) is 5.56 Å². The first kappa shape index (κ1) is 12.9. The van der Waals surface area contributed by atoms with Crippen LogP contribution in [0.15, 0.2) is 30.3 Å². The first-order valence-electron chi connectivity index (χ1n) is 5.99. The Bertz CT molecular complexity index is 321. The number of carbonyl (C=O) groups is 1. The topological polar surface area (TPSA) is 20.3 Å². The van der Waals surface area contributed by atoms with Gasteiger partial charge in [0.25, 0.3) is 0 Å². The van der Waals surface area contributed by atoms with E-state index in [1.807, 2.05) is 32.0 Å². The predicted molar refractivity (Wildman–Crippen MR) is 67.3 cm³/mol. The molecule has 0 aliphatic carbocycles. The summed E-state index contributed by atoms with van der Waals surface area (Å²) in [5, 5.41) is 0. The second kappa shape index (κ2) is 6.44. The maximum absolute atomic E-state index is 11.7. The summed E-state index contributed by atoms with van der Waals surface area (Å²) in [5.74, 6) is 0.317. The largest absolute Gasteiger partial charge is 0.298 e. The fourth-order valence-electron chi connectivity index (χ4n) is 1.84. The van der Waals surface area contributed by atoms with Crippen molar-refractivity contribution in [2.24, 2.45) is 0 Å². The number of rotatable bonds is 6. The van der Waals surface area contributed by atoms with E-state index >= 15 is 0 Å². The molecule has 0 radical (unpaired) electrons. The summed E-state index contributed by atoms with van der Waals surface area (Å²) in [4.78, 5) is 13.9. The minimum atomic E-state index is 0.0233. The lowest BCUT2D eigenvalue weighted by Gasteiger charge is -2.26. The van der Waals surface area contributed by atoms with Crippen LogP contribution in [0.5, 0.6) is 0 Å². The van der Waals surface area contributed by atoms with Crippen LogP contribution in [0.4, 0.5) is 0 Å². The van der Waals surface area contributed by atoms with Crippen molar-refractivity contribution in [3.8, 4) is 0 Å². The third-order valence-corrected chi connectivity index (χ3v) is 3.00. The zero-order valence-electron chi connectivity index (χ0n) is 10.4. The van der Waals surface area contributed by atoms with Crippen molar-refractivity contribution in [1.29, 1.82) is 0 Å². The van der Waals surface area contributed by atoms with Crippen molar-refractivity contribution in [2.75, 3.05) is 6.54 Å². The predicted octanol–water partition coefficient (Wildman–Crippen LogP) is 2.88. The van der Waals surface area contributed by atoms with E-state index in [-0.39, 0.29) is 6.04 Å². The minimum Gasteiger partial charge on any atom is -0.298 e. The maximum atomic E-state index is 11.7. The fraction of sp³-hybridized carbons (Fsp3) is 0.500. The van der Waals surface area contributed by atoms with Crippen molar-refractivity contribution in [3.05, 3.63) is 35.9 Å². The molecule has 0 bridgehead atoms. The lowest BCUT2D eigenvalue weighted by Crippen LogP contribution is -2.38. The Hall–Kier alpha value is -1.15. The monoisotopic (exact) mass is 219 g/mol. The summed E-state index contributed by atoms with van der Waals surface area (Å²) in [6.45, 7) is 7.78. The number of Topliss-reactive ketones (excluding diaryl/α,β-unsaturated/α-hetero) is 1. The van der Waals surface area contributed by atoms with Crippen LogP contribution in [-0.4, -0.2) is 23.3 Å². The zero-order chi connectivity index (χ0) is 12.0. The van der Waals surface area contributed by atoms with Crippen LogP contribution in [0.3, 0.4) is 0 Å². The zero-order valence-corrected chi connectivity index (χ0v) is 10.4. The summed E-state index contributed by atoms with van der Waals surface area (Å²) < 4.78 is 0. The van der Waals surface area contributed by atoms with E-state index in [9.17, 15) is 4.79 Å². The van der Waals surface area contributed by atoms with Crippen molar-refractivity contribution in [1.82, 2.24) is 4.90 Å². The minimum absolute atomic E-state index is 0.0233. The molecular formula is C14H21NO. The molecule has 0 amide bonds. The van der Waals surface area contributed by atoms with Gasteiger partial charge in [0.1, 0.15) is 5.78 Å². The lowest BCUT2D eigenvalue weighted by atomic mass is 10.1. The van der Waals surface area contributed by atoms with E-state index in [1.54, 1.807) is 0 Å². The van der Waals surface area contributed by atoms with Gasteiger partial charge >= 0.3 is 0 Å². The van der Waals surface area contributed by atoms with Gasteiger partial charge in [-0.1, -0.05) is 44.2 Å². The van der Waals surface area contributed by atoms with Crippen molar-refractivity contribution >= 4 is 5.78 Å². The Balaban J connectivity index is 2.65. The first-order valence-corrected chi connectivity index (χ1v) is 5.99. The van der Waals surface area contributed by atoms with Gasteiger partial charge in [0.15, 0.2) is 0 Å². The van der Waals surface area contributed by atoms with Gasteiger partial charge in [-0.2, -0.15) is 0 Å². The standard InChI is InChI=1S/C14H21NO/c1-4-14(16)12(3)15(5-2)11-13-9-7-6-8-10-13/h6-10,12H,4-5,11H2,1-3H3. The molecule has 1 aromatic carbocycles. The number of likely N-dealkylation sites (N-methyl/N-ethyl adjacent to an activating group) is 1. The van der Waals surface area contributed by atoms with Gasteiger partial charge in [0.2, 0.25) is 0 Å². The van der Waals surface area contributed by atoms with Gasteiger partial charge < -0.3 is 0 Å². The highest BCUT2D eigenvalue weighted by atomic mass is 16.1. The molecule has 2 heteroatoms. The van der Waals surface area contributed by atoms with E-state index in [0.29, 0.717) is 12.2 Å². The van der Waals surface area contributed by atoms with Crippen LogP contribution in [0.2, 0.25) is 0 Å². The fourth-order valence-corrected chi connectivity index (χ4v) is 1.84. The summed E-state index contributed by atoms with van der Waals surface area (Å²) >= 11 is 0. The van der Waals surface area contributed by atoms with Crippen molar-refractivity contribution < 1.29 is 4.79 Å². The number of benzene rings is 1. The van der Waals surface area contributed by atoms with Gasteiger partial charge in [-0.05, 0) is 19.0 Å². The second-order valence-electron chi connectivity index (χ2n) is 4.04. The third-order valence-electron chi connectivity index (χ3n) is 3.00. The van der Waals surface area contributed by atoms with Crippen molar-refractivity contribution in [2.45, 2.75) is 39.8 Å². The maximum Gasteiger partial charge on any atom is 0.149 e. The molecule has 1 atom stereocenters. The number of ketones is 1. The molecule has 0 saturated heterocycles. The highest BCUT2D eigenvalue weighted by molar-refractivity contribution is 5.83. The Morgan fingerprint density at radius 2 is 1.88 bits per heavy atom. The Morgan fingerprint density at radius 1 is 1.25 bits per heavy atom. The number of nitrogens with zero attached hydrogens (tertiary/aromatic N) is 1. The highest BCUT2D eigenvalue weighted by Crippen LogP contribution is 2.09. The Morgan fingerprint density at radius 3 is 2.38 bits per heavy atom. The van der Waals surface area contributed by atoms with Gasteiger partial charge in [0, 0.05) is 13.0 Å². The number of carbonyl (C=O) groups excluding carboxylic acids is 1. The Labute approximate surface area is 98.3 Å². The molecule has 0 aromatic heterocycles. The van der Waals surface area contributed by atoms with Crippen LogP contribution in [0.1, 0.15) is 32.8 Å². The van der Waals surface area contributed by atoms with E-state index in [0.717, 1.165) is 13.1 Å². The average Bonchev–Trinajstić information content (AvgIpc) is 2.35. The first-order chi connectivity index (χ1) is 7.69. The van der Waals surface area contributed by atoms with Gasteiger partial charge in [-0.15, -0.1) is 0 Å². The normalized spacial score (nSPS) is 12.8. The summed E-state index contributed by atoms with van der Waals surface area (Å²) in [6.07, 6.45) is 0.618. The van der Waals surface area contributed by atoms with Crippen LogP contribution >= 0.6 is 0 Å². The molecule has 0 spiro atoms. The highest BCUT2D eigenvalue weighted by Gasteiger charge is 2.18. The molecule has 0 heterocycles. The molecule has 0 N–H and O–H groups in total. The summed E-state index contributed by atoms with van der Waals surface area (Å²) in [6, 6.07) is 10.3. The number of hydrogen-bond acceptors (Lipinski definition) is 2. The molecular weight excluding hydrogens is 198 g/mol. The van der Waals surface area contributed by atoms with Crippen LogP contribution in [0.25, 0.3) is 0 Å². The van der Waals surface area contributed by atoms with Crippen molar-refractivity contribution in [3.63, 3.8) is 0 Å². The van der Waals surface area contributed by atoms with Crippen LogP contribution < -0.4 is 0 Å². The quantitative estimate of drug-likeness (QED) is 0.733. The van der Waals surface area contributed by atoms with E-state index in [2.05, 4.69) is 24.0 Å². The molecule has 1 aromatic rings. The Kier molecular flexibility index (Phi) is 5.20. The molecule has 88 valence electrons. The second-order valence-corrected chi connectivity index (χ2v) is 4.04. The smallest absolute Gasteiger partial charge is 0.149 e. The molecule has 1 rings (SSSR count). The third kappa shape index (κ3) is 3.46. The van der Waals surface area contributed by atoms with E-state index in [4.69, 9.17) is 0 Å². The molecule has 0 fully saturated rings. The summed E-state index contributed by atoms with van der Waals surface area (Å²) in [7, 11) is 0. The van der Waals surface area contributed by atoms with Gasteiger partial charge in [0.05, 0.1) is 6.04 Å². The van der Waals surface area contributed by atoms with Crippen LogP contribution in [0, 0.1) is 0 Å². The number of hydrogen-bond donors (Lipinski definition) is 0. The van der Waals surface area contributed by atoms with Gasteiger partial charge in [-0.25, -0.2) is 0 Å². The molecule has 16 heavy (non-hydrogen) atoms. The lowest BCUT2D eigenvalue weighted by molar-refractivity contribution is -0.123. The average molecular weight is 219 g/mol. The van der Waals surface area contributed by atoms with Crippen LogP contribution in [-0.2, 0) is 11.3 Å². The molecule has 1 unspecified atom stereocenters.